The summed E-state index contributed by atoms with van der Waals surface area (Å²) in [6.07, 6.45) is 2.70. The van der Waals surface area contributed by atoms with Gasteiger partial charge in [0.25, 0.3) is 0 Å². The number of carbonyl (C=O) groups is 1. The third kappa shape index (κ3) is 4.79. The number of sulfonamides is 1. The Hall–Kier alpha value is -1.55. The van der Waals surface area contributed by atoms with E-state index in [4.69, 9.17) is 0 Å². The van der Waals surface area contributed by atoms with Gasteiger partial charge in [0.05, 0.1) is 12.8 Å². The van der Waals surface area contributed by atoms with Crippen LogP contribution in [0.4, 0.5) is 4.39 Å². The third-order valence-electron chi connectivity index (χ3n) is 5.19. The lowest BCUT2D eigenvalue weighted by atomic mass is 9.80. The summed E-state index contributed by atoms with van der Waals surface area (Å²) in [5.74, 6) is 0.120. The molecule has 2 saturated heterocycles. The fourth-order valence-corrected chi connectivity index (χ4v) is 4.22. The predicted octanol–water partition coefficient (Wildman–Crippen LogP) is 0.174. The van der Waals surface area contributed by atoms with Crippen LogP contribution in [0.1, 0.15) is 24.3 Å². The zero-order valence-electron chi connectivity index (χ0n) is 14.7. The molecule has 0 aliphatic carbocycles. The van der Waals surface area contributed by atoms with Crippen molar-refractivity contribution < 1.29 is 17.6 Å². The van der Waals surface area contributed by atoms with Gasteiger partial charge in [0.2, 0.25) is 15.9 Å². The van der Waals surface area contributed by atoms with E-state index in [0.717, 1.165) is 31.2 Å². The molecule has 7 nitrogen and oxygen atoms in total. The first kappa shape index (κ1) is 19.2. The number of hydrogen-bond acceptors (Lipinski definition) is 5. The molecule has 2 unspecified atom stereocenters. The van der Waals surface area contributed by atoms with Crippen LogP contribution in [0.15, 0.2) is 24.3 Å². The monoisotopic (exact) mass is 384 g/mol. The quantitative estimate of drug-likeness (QED) is 0.674. The van der Waals surface area contributed by atoms with E-state index in [-0.39, 0.29) is 30.2 Å². The lowest BCUT2D eigenvalue weighted by Gasteiger charge is -2.36. The second kappa shape index (κ2) is 7.99. The lowest BCUT2D eigenvalue weighted by Crippen LogP contribution is -2.48. The van der Waals surface area contributed by atoms with E-state index in [2.05, 4.69) is 15.6 Å². The molecule has 0 saturated carbocycles. The van der Waals surface area contributed by atoms with Crippen molar-refractivity contribution in [2.45, 2.75) is 24.8 Å². The smallest absolute Gasteiger partial charge is 0.237 e. The SMILES string of the molecule is CS(=O)(=O)NCC(=O)N1CCC(C2NNCC2c2cccc(F)c2)CC1. The molecule has 2 heterocycles. The van der Waals surface area contributed by atoms with Crippen LogP contribution in [0.5, 0.6) is 0 Å². The van der Waals surface area contributed by atoms with Gasteiger partial charge in [-0.1, -0.05) is 12.1 Å². The number of rotatable bonds is 5. The normalized spacial score (nSPS) is 24.8. The van der Waals surface area contributed by atoms with E-state index < -0.39 is 10.0 Å². The summed E-state index contributed by atoms with van der Waals surface area (Å²) in [4.78, 5) is 13.8. The Labute approximate surface area is 153 Å². The first-order chi connectivity index (χ1) is 12.3. The van der Waals surface area contributed by atoms with Crippen LogP contribution in [0.25, 0.3) is 0 Å². The standard InChI is InChI=1S/C17H25FN4O3S/c1-26(24,25)20-11-16(23)22-7-5-12(6-8-22)17-15(10-19-21-17)13-3-2-4-14(18)9-13/h2-4,9,12,15,17,19-21H,5-8,10-11H2,1H3. The number of piperidine rings is 1. The summed E-state index contributed by atoms with van der Waals surface area (Å²) in [5, 5.41) is 0. The topological polar surface area (TPSA) is 90.5 Å². The van der Waals surface area contributed by atoms with Crippen LogP contribution in [0.3, 0.4) is 0 Å². The molecular formula is C17H25FN4O3S. The van der Waals surface area contributed by atoms with Gasteiger partial charge in [-0.15, -0.1) is 0 Å². The van der Waals surface area contributed by atoms with Crippen LogP contribution < -0.4 is 15.6 Å². The molecule has 2 atom stereocenters. The molecule has 3 rings (SSSR count). The van der Waals surface area contributed by atoms with E-state index >= 15 is 0 Å². The van der Waals surface area contributed by atoms with Crippen molar-refractivity contribution in [3.05, 3.63) is 35.6 Å². The molecule has 1 amide bonds. The van der Waals surface area contributed by atoms with Crippen LogP contribution in [-0.4, -0.2) is 57.7 Å². The molecule has 1 aromatic rings. The predicted molar refractivity (Wildman–Crippen MR) is 96.2 cm³/mol. The van der Waals surface area contributed by atoms with Crippen molar-refractivity contribution in [3.63, 3.8) is 0 Å². The summed E-state index contributed by atoms with van der Waals surface area (Å²) in [5.41, 5.74) is 7.47. The van der Waals surface area contributed by atoms with Gasteiger partial charge >= 0.3 is 0 Å². The first-order valence-electron chi connectivity index (χ1n) is 8.80. The highest BCUT2D eigenvalue weighted by molar-refractivity contribution is 7.88. The van der Waals surface area contributed by atoms with E-state index in [9.17, 15) is 17.6 Å². The molecule has 1 aromatic carbocycles. The van der Waals surface area contributed by atoms with Gasteiger partial charge in [0.15, 0.2) is 0 Å². The zero-order valence-corrected chi connectivity index (χ0v) is 15.6. The highest BCUT2D eigenvalue weighted by atomic mass is 32.2. The molecule has 0 bridgehead atoms. The summed E-state index contributed by atoms with van der Waals surface area (Å²) in [6.45, 7) is 1.75. The second-order valence-corrected chi connectivity index (χ2v) is 8.86. The van der Waals surface area contributed by atoms with Crippen molar-refractivity contribution in [1.82, 2.24) is 20.5 Å². The highest BCUT2D eigenvalue weighted by Gasteiger charge is 2.36. The largest absolute Gasteiger partial charge is 0.342 e. The number of halogens is 1. The van der Waals surface area contributed by atoms with Crippen molar-refractivity contribution >= 4 is 15.9 Å². The Morgan fingerprint density at radius 3 is 2.73 bits per heavy atom. The minimum Gasteiger partial charge on any atom is -0.342 e. The highest BCUT2D eigenvalue weighted by Crippen LogP contribution is 2.32. The average molecular weight is 384 g/mol. The number of benzene rings is 1. The van der Waals surface area contributed by atoms with E-state index in [1.165, 1.54) is 6.07 Å². The van der Waals surface area contributed by atoms with Crippen molar-refractivity contribution in [2.24, 2.45) is 5.92 Å². The van der Waals surface area contributed by atoms with Gasteiger partial charge in [-0.05, 0) is 36.5 Å². The maximum Gasteiger partial charge on any atom is 0.237 e. The minimum atomic E-state index is -3.37. The number of hydrogen-bond donors (Lipinski definition) is 3. The fraction of sp³-hybridized carbons (Fsp3) is 0.588. The Morgan fingerprint density at radius 1 is 1.35 bits per heavy atom. The number of hydrazine groups is 1. The Morgan fingerprint density at radius 2 is 2.08 bits per heavy atom. The van der Waals surface area contributed by atoms with Gasteiger partial charge in [-0.3, -0.25) is 15.6 Å². The van der Waals surface area contributed by atoms with Gasteiger partial charge in [0.1, 0.15) is 5.82 Å². The molecule has 26 heavy (non-hydrogen) atoms. The van der Waals surface area contributed by atoms with Crippen LogP contribution in [-0.2, 0) is 14.8 Å². The van der Waals surface area contributed by atoms with Gasteiger partial charge in [-0.2, -0.15) is 0 Å². The minimum absolute atomic E-state index is 0.184. The molecule has 2 aliphatic heterocycles. The number of nitrogens with zero attached hydrogens (tertiary/aromatic N) is 1. The van der Waals surface area contributed by atoms with Gasteiger partial charge in [0, 0.05) is 31.6 Å². The Bertz CT molecular complexity index is 750. The maximum atomic E-state index is 13.6. The summed E-state index contributed by atoms with van der Waals surface area (Å²) in [6, 6.07) is 6.90. The lowest BCUT2D eigenvalue weighted by molar-refractivity contribution is -0.131. The number of carbonyl (C=O) groups excluding carboxylic acids is 1. The van der Waals surface area contributed by atoms with Crippen molar-refractivity contribution in [1.29, 1.82) is 0 Å². The number of amides is 1. The summed E-state index contributed by atoms with van der Waals surface area (Å²) >= 11 is 0. The van der Waals surface area contributed by atoms with E-state index in [1.807, 2.05) is 6.07 Å². The second-order valence-electron chi connectivity index (χ2n) is 7.02. The summed E-state index contributed by atoms with van der Waals surface area (Å²) in [7, 11) is -3.37. The first-order valence-corrected chi connectivity index (χ1v) is 10.7. The Balaban J connectivity index is 1.56. The molecule has 144 valence electrons. The number of likely N-dealkylation sites (tertiary alicyclic amines) is 1. The van der Waals surface area contributed by atoms with Crippen LogP contribution >= 0.6 is 0 Å². The maximum absolute atomic E-state index is 13.6. The molecule has 3 N–H and O–H groups in total. The Kier molecular flexibility index (Phi) is 5.91. The van der Waals surface area contributed by atoms with E-state index in [0.29, 0.717) is 19.0 Å². The third-order valence-corrected chi connectivity index (χ3v) is 5.86. The van der Waals surface area contributed by atoms with E-state index in [1.54, 1.807) is 17.0 Å². The molecule has 0 aromatic heterocycles. The van der Waals surface area contributed by atoms with Crippen LogP contribution in [0, 0.1) is 11.7 Å². The van der Waals surface area contributed by atoms with Gasteiger partial charge < -0.3 is 4.90 Å². The zero-order chi connectivity index (χ0) is 18.7. The molecule has 0 radical (unpaired) electrons. The molecule has 9 heteroatoms. The summed E-state index contributed by atoms with van der Waals surface area (Å²) < 4.78 is 38.0. The number of nitrogens with one attached hydrogen (secondary N) is 3. The fourth-order valence-electron chi connectivity index (χ4n) is 3.84. The van der Waals surface area contributed by atoms with Crippen molar-refractivity contribution in [3.8, 4) is 0 Å². The average Bonchev–Trinajstić information content (AvgIpc) is 3.09. The molecule has 0 spiro atoms. The molecule has 2 fully saturated rings. The molecule has 2 aliphatic rings. The van der Waals surface area contributed by atoms with Crippen LogP contribution in [0.2, 0.25) is 0 Å². The van der Waals surface area contributed by atoms with Crippen molar-refractivity contribution in [2.75, 3.05) is 32.4 Å². The molecular weight excluding hydrogens is 359 g/mol. The van der Waals surface area contributed by atoms with Gasteiger partial charge in [-0.25, -0.2) is 17.5 Å².